The molecule has 5 rings (SSSR count). The van der Waals surface area contributed by atoms with Gasteiger partial charge in [0.25, 0.3) is 0 Å². The van der Waals surface area contributed by atoms with Gasteiger partial charge >= 0.3 is 0 Å². The minimum atomic E-state index is -0.248. The maximum Gasteiger partial charge on any atom is 0.157 e. The average Bonchev–Trinajstić information content (AvgIpc) is 3.30. The van der Waals surface area contributed by atoms with E-state index in [9.17, 15) is 9.18 Å². The zero-order valence-corrected chi connectivity index (χ0v) is 20.1. The second-order valence-corrected chi connectivity index (χ2v) is 9.22. The molecule has 0 unspecified atom stereocenters. The lowest BCUT2D eigenvalue weighted by Crippen LogP contribution is -2.37. The van der Waals surface area contributed by atoms with Gasteiger partial charge in [0.15, 0.2) is 5.78 Å². The molecule has 0 radical (unpaired) electrons. The van der Waals surface area contributed by atoms with Gasteiger partial charge in [0.05, 0.1) is 11.4 Å². The molecule has 8 heteroatoms. The van der Waals surface area contributed by atoms with E-state index in [1.165, 1.54) is 12.4 Å². The molecule has 1 aliphatic rings. The van der Waals surface area contributed by atoms with Gasteiger partial charge in [-0.25, -0.2) is 14.4 Å². The first-order valence-corrected chi connectivity index (χ1v) is 12.0. The summed E-state index contributed by atoms with van der Waals surface area (Å²) in [7, 11) is 0. The molecule has 0 saturated carbocycles. The maximum atomic E-state index is 13.8. The first-order valence-electron chi connectivity index (χ1n) is 11.6. The quantitative estimate of drug-likeness (QED) is 0.330. The van der Waals surface area contributed by atoms with Crippen LogP contribution in [0.25, 0.3) is 22.5 Å². The second kappa shape index (κ2) is 9.96. The van der Waals surface area contributed by atoms with Crippen LogP contribution in [0.1, 0.15) is 18.4 Å². The van der Waals surface area contributed by atoms with Crippen molar-refractivity contribution in [3.8, 4) is 22.5 Å². The van der Waals surface area contributed by atoms with Crippen LogP contribution >= 0.6 is 11.6 Å². The highest BCUT2D eigenvalue weighted by Crippen LogP contribution is 2.29. The number of hydrogen-bond acceptors (Lipinski definition) is 5. The van der Waals surface area contributed by atoms with Crippen LogP contribution in [-0.4, -0.2) is 38.6 Å². The molecule has 3 heterocycles. The van der Waals surface area contributed by atoms with Crippen LogP contribution < -0.4 is 4.90 Å². The lowest BCUT2D eigenvalue weighted by Gasteiger charge is -2.32. The van der Waals surface area contributed by atoms with E-state index in [0.29, 0.717) is 10.7 Å². The van der Waals surface area contributed by atoms with Crippen LogP contribution in [0.3, 0.4) is 0 Å². The summed E-state index contributed by atoms with van der Waals surface area (Å²) < 4.78 is 15.6. The third-order valence-corrected chi connectivity index (χ3v) is 6.71. The van der Waals surface area contributed by atoms with E-state index in [1.54, 1.807) is 29.8 Å². The van der Waals surface area contributed by atoms with Gasteiger partial charge in [-0.05, 0) is 55.2 Å². The molecule has 4 aromatic rings. The van der Waals surface area contributed by atoms with Crippen molar-refractivity contribution < 1.29 is 9.18 Å². The standard InChI is InChI=1S/C27H25ClFN5O/c1-18-13-21(7-8-22(18)29)23-14-24(19-5-3-2-4-6-19)34(32-23)16-25(35)20-9-11-33(12-10-20)27-15-26(28)30-17-31-27/h2-8,13-15,17,20H,9-12,16H2,1H3. The minimum absolute atomic E-state index is 0.0482. The number of anilines is 1. The maximum absolute atomic E-state index is 13.8. The van der Waals surface area contributed by atoms with Gasteiger partial charge in [-0.15, -0.1) is 0 Å². The van der Waals surface area contributed by atoms with Gasteiger partial charge in [0.1, 0.15) is 29.7 Å². The molecule has 6 nitrogen and oxygen atoms in total. The Labute approximate surface area is 208 Å². The molecule has 0 spiro atoms. The third kappa shape index (κ3) is 5.10. The van der Waals surface area contributed by atoms with Crippen LogP contribution in [-0.2, 0) is 11.3 Å². The Balaban J connectivity index is 1.35. The topological polar surface area (TPSA) is 63.9 Å². The van der Waals surface area contributed by atoms with Crippen molar-refractivity contribution in [1.29, 1.82) is 0 Å². The summed E-state index contributed by atoms with van der Waals surface area (Å²) in [4.78, 5) is 23.7. The fourth-order valence-corrected chi connectivity index (χ4v) is 4.67. The number of benzene rings is 2. The van der Waals surface area contributed by atoms with E-state index in [0.717, 1.165) is 54.3 Å². The van der Waals surface area contributed by atoms with Gasteiger partial charge < -0.3 is 4.90 Å². The molecule has 0 amide bonds. The van der Waals surface area contributed by atoms with E-state index >= 15 is 0 Å². The van der Waals surface area contributed by atoms with Crippen LogP contribution in [0.5, 0.6) is 0 Å². The number of aromatic nitrogens is 4. The van der Waals surface area contributed by atoms with E-state index in [2.05, 4.69) is 14.9 Å². The molecule has 2 aromatic carbocycles. The number of piperidine rings is 1. The molecule has 1 fully saturated rings. The predicted octanol–water partition coefficient (Wildman–Crippen LogP) is 5.59. The third-order valence-electron chi connectivity index (χ3n) is 6.50. The zero-order chi connectivity index (χ0) is 24.4. The Hall–Kier alpha value is -3.58. The molecular weight excluding hydrogens is 465 g/mol. The van der Waals surface area contributed by atoms with Crippen LogP contribution in [0.4, 0.5) is 10.2 Å². The molecule has 35 heavy (non-hydrogen) atoms. The second-order valence-electron chi connectivity index (χ2n) is 8.83. The Bertz CT molecular complexity index is 1350. The van der Waals surface area contributed by atoms with Gasteiger partial charge in [0.2, 0.25) is 0 Å². The van der Waals surface area contributed by atoms with Crippen LogP contribution in [0.15, 0.2) is 67.0 Å². The smallest absolute Gasteiger partial charge is 0.157 e. The first kappa shape index (κ1) is 23.2. The van der Waals surface area contributed by atoms with E-state index in [1.807, 2.05) is 36.4 Å². The number of Topliss-reactive ketones (excluding diaryl/α,β-unsaturated/α-hetero) is 1. The summed E-state index contributed by atoms with van der Waals surface area (Å²) in [6.45, 7) is 3.39. The van der Waals surface area contributed by atoms with Crippen LogP contribution in [0.2, 0.25) is 5.15 Å². The zero-order valence-electron chi connectivity index (χ0n) is 19.4. The van der Waals surface area contributed by atoms with Crippen molar-refractivity contribution in [3.05, 3.63) is 83.5 Å². The van der Waals surface area contributed by atoms with E-state index in [4.69, 9.17) is 16.7 Å². The summed E-state index contributed by atoms with van der Waals surface area (Å²) in [5.74, 6) is 0.649. The Kier molecular flexibility index (Phi) is 6.59. The molecule has 178 valence electrons. The van der Waals surface area contributed by atoms with Gasteiger partial charge in [-0.1, -0.05) is 41.9 Å². The van der Waals surface area contributed by atoms with Crippen molar-refractivity contribution in [2.75, 3.05) is 18.0 Å². The normalized spacial score (nSPS) is 14.3. The monoisotopic (exact) mass is 489 g/mol. The van der Waals surface area contributed by atoms with E-state index < -0.39 is 0 Å². The lowest BCUT2D eigenvalue weighted by atomic mass is 9.92. The SMILES string of the molecule is Cc1cc(-c2cc(-c3ccccc3)n(CC(=O)C3CCN(c4cc(Cl)ncn4)CC3)n2)ccc1F. The lowest BCUT2D eigenvalue weighted by molar-refractivity contribution is -0.124. The number of carbonyl (C=O) groups excluding carboxylic acids is 1. The van der Waals surface area contributed by atoms with Crippen LogP contribution in [0, 0.1) is 18.7 Å². The molecular formula is C27H25ClFN5O. The number of carbonyl (C=O) groups is 1. The Morgan fingerprint density at radius 2 is 1.80 bits per heavy atom. The summed E-state index contributed by atoms with van der Waals surface area (Å²) in [5, 5.41) is 5.18. The van der Waals surface area contributed by atoms with Gasteiger partial charge in [0, 0.05) is 30.6 Å². The largest absolute Gasteiger partial charge is 0.356 e. The number of hydrogen-bond donors (Lipinski definition) is 0. The highest BCUT2D eigenvalue weighted by molar-refractivity contribution is 6.29. The first-order chi connectivity index (χ1) is 17.0. The molecule has 2 aromatic heterocycles. The summed E-state index contributed by atoms with van der Waals surface area (Å²) in [5.41, 5.74) is 3.95. The number of rotatable bonds is 6. The Morgan fingerprint density at radius 1 is 1.03 bits per heavy atom. The summed E-state index contributed by atoms with van der Waals surface area (Å²) >= 11 is 6.00. The number of nitrogens with zero attached hydrogens (tertiary/aromatic N) is 5. The average molecular weight is 490 g/mol. The van der Waals surface area contributed by atoms with E-state index in [-0.39, 0.29) is 24.1 Å². The van der Waals surface area contributed by atoms with Gasteiger partial charge in [-0.2, -0.15) is 5.10 Å². The Morgan fingerprint density at radius 3 is 2.51 bits per heavy atom. The molecule has 0 bridgehead atoms. The number of ketones is 1. The summed E-state index contributed by atoms with van der Waals surface area (Å²) in [6.07, 6.45) is 2.94. The highest BCUT2D eigenvalue weighted by atomic mass is 35.5. The molecule has 1 aliphatic heterocycles. The highest BCUT2D eigenvalue weighted by Gasteiger charge is 2.27. The number of halogens is 2. The van der Waals surface area contributed by atoms with Crippen molar-refractivity contribution in [2.24, 2.45) is 5.92 Å². The molecule has 1 saturated heterocycles. The van der Waals surface area contributed by atoms with Crippen molar-refractivity contribution in [3.63, 3.8) is 0 Å². The minimum Gasteiger partial charge on any atom is -0.356 e. The predicted molar refractivity (Wildman–Crippen MR) is 135 cm³/mol. The molecule has 0 aliphatic carbocycles. The molecule has 0 N–H and O–H groups in total. The van der Waals surface area contributed by atoms with Gasteiger partial charge in [-0.3, -0.25) is 9.48 Å². The molecule has 0 atom stereocenters. The van der Waals surface area contributed by atoms with Crippen molar-refractivity contribution in [2.45, 2.75) is 26.3 Å². The number of aryl methyl sites for hydroxylation is 1. The van der Waals surface area contributed by atoms with Crippen molar-refractivity contribution in [1.82, 2.24) is 19.7 Å². The fraction of sp³-hybridized carbons (Fsp3) is 0.259. The van der Waals surface area contributed by atoms with Crippen molar-refractivity contribution >= 4 is 23.2 Å². The summed E-state index contributed by atoms with van der Waals surface area (Å²) in [6, 6.07) is 18.6. The fourth-order valence-electron chi connectivity index (χ4n) is 4.53.